The summed E-state index contributed by atoms with van der Waals surface area (Å²) < 4.78 is 5.91. The van der Waals surface area contributed by atoms with Gasteiger partial charge in [0, 0.05) is 5.69 Å². The smallest absolute Gasteiger partial charge is 0.335 e. The Kier molecular flexibility index (Phi) is 5.39. The summed E-state index contributed by atoms with van der Waals surface area (Å²) in [4.78, 5) is 22.9. The molecule has 0 fully saturated rings. The van der Waals surface area contributed by atoms with Crippen molar-refractivity contribution < 1.29 is 19.4 Å². The molecular formula is C17H16BrNO4. The number of ether oxygens (including phenoxy) is 1. The lowest BCUT2D eigenvalue weighted by molar-refractivity contribution is -0.118. The van der Waals surface area contributed by atoms with Crippen molar-refractivity contribution >= 4 is 33.5 Å². The van der Waals surface area contributed by atoms with E-state index in [9.17, 15) is 9.59 Å². The Hall–Kier alpha value is -2.34. The Balaban J connectivity index is 1.99. The third kappa shape index (κ3) is 4.56. The van der Waals surface area contributed by atoms with Crippen LogP contribution >= 0.6 is 15.9 Å². The molecule has 0 atom stereocenters. The number of carbonyl (C=O) groups excluding carboxylic acids is 1. The number of rotatable bonds is 5. The van der Waals surface area contributed by atoms with E-state index in [0.29, 0.717) is 10.2 Å². The summed E-state index contributed by atoms with van der Waals surface area (Å²) in [5.41, 5.74) is 2.91. The Morgan fingerprint density at radius 2 is 1.91 bits per heavy atom. The number of halogens is 1. The summed E-state index contributed by atoms with van der Waals surface area (Å²) in [6.07, 6.45) is 0. The Labute approximate surface area is 142 Å². The molecule has 5 nitrogen and oxygen atoms in total. The van der Waals surface area contributed by atoms with Gasteiger partial charge in [-0.1, -0.05) is 12.1 Å². The highest BCUT2D eigenvalue weighted by Gasteiger charge is 2.10. The topological polar surface area (TPSA) is 75.6 Å². The number of aryl methyl sites for hydroxylation is 2. The molecule has 0 aliphatic heterocycles. The van der Waals surface area contributed by atoms with E-state index >= 15 is 0 Å². The van der Waals surface area contributed by atoms with Gasteiger partial charge in [0.15, 0.2) is 6.61 Å². The number of anilines is 1. The van der Waals surface area contributed by atoms with Gasteiger partial charge in [0.25, 0.3) is 5.91 Å². The predicted molar refractivity (Wildman–Crippen MR) is 91.1 cm³/mol. The first-order chi connectivity index (χ1) is 10.9. The molecule has 0 heterocycles. The van der Waals surface area contributed by atoms with Gasteiger partial charge in [-0.2, -0.15) is 0 Å². The van der Waals surface area contributed by atoms with E-state index < -0.39 is 5.97 Å². The lowest BCUT2D eigenvalue weighted by Gasteiger charge is -2.11. The van der Waals surface area contributed by atoms with Gasteiger partial charge in [0.2, 0.25) is 0 Å². The van der Waals surface area contributed by atoms with Crippen molar-refractivity contribution in [2.45, 2.75) is 13.8 Å². The standard InChI is InChI=1S/C17H16BrNO4/c1-10-3-4-11(2)14(7-10)19-16(20)9-23-15-6-5-12(17(21)22)8-13(15)18/h3-8H,9H2,1-2H3,(H,19,20)(H,21,22). The van der Waals surface area contributed by atoms with Gasteiger partial charge < -0.3 is 15.2 Å². The molecule has 0 aliphatic rings. The maximum Gasteiger partial charge on any atom is 0.335 e. The molecule has 0 spiro atoms. The second-order valence-corrected chi connectivity index (χ2v) is 5.96. The van der Waals surface area contributed by atoms with Gasteiger partial charge in [-0.05, 0) is 65.2 Å². The van der Waals surface area contributed by atoms with Gasteiger partial charge >= 0.3 is 5.97 Å². The number of carboxylic acid groups (broad SMARTS) is 1. The molecule has 2 N–H and O–H groups in total. The van der Waals surface area contributed by atoms with Crippen LogP contribution in [0.5, 0.6) is 5.75 Å². The summed E-state index contributed by atoms with van der Waals surface area (Å²) in [7, 11) is 0. The second kappa shape index (κ2) is 7.28. The summed E-state index contributed by atoms with van der Waals surface area (Å²) in [6, 6.07) is 10.2. The van der Waals surface area contributed by atoms with Crippen LogP contribution < -0.4 is 10.1 Å². The van der Waals surface area contributed by atoms with Gasteiger partial charge in [-0.25, -0.2) is 4.79 Å². The Bertz CT molecular complexity index is 758. The zero-order valence-corrected chi connectivity index (χ0v) is 14.3. The minimum absolute atomic E-state index is 0.143. The largest absolute Gasteiger partial charge is 0.483 e. The third-order valence-electron chi connectivity index (χ3n) is 3.20. The molecule has 0 radical (unpaired) electrons. The van der Waals surface area contributed by atoms with E-state index in [1.807, 2.05) is 32.0 Å². The van der Waals surface area contributed by atoms with Gasteiger partial charge in [0.05, 0.1) is 10.0 Å². The fraction of sp³-hybridized carbons (Fsp3) is 0.176. The van der Waals surface area contributed by atoms with Crippen LogP contribution in [-0.4, -0.2) is 23.6 Å². The van der Waals surface area contributed by atoms with Crippen molar-refractivity contribution in [2.24, 2.45) is 0 Å². The highest BCUT2D eigenvalue weighted by molar-refractivity contribution is 9.10. The highest BCUT2D eigenvalue weighted by Crippen LogP contribution is 2.26. The zero-order chi connectivity index (χ0) is 17.0. The molecular weight excluding hydrogens is 362 g/mol. The van der Waals surface area contributed by atoms with Crippen LogP contribution in [0.25, 0.3) is 0 Å². The molecule has 0 aromatic heterocycles. The maximum absolute atomic E-state index is 12.0. The molecule has 0 saturated carbocycles. The van der Waals surface area contributed by atoms with Crippen LogP contribution in [0.2, 0.25) is 0 Å². The van der Waals surface area contributed by atoms with Crippen LogP contribution in [0.4, 0.5) is 5.69 Å². The molecule has 0 aliphatic carbocycles. The highest BCUT2D eigenvalue weighted by atomic mass is 79.9. The first kappa shape index (κ1) is 17.0. The first-order valence-electron chi connectivity index (χ1n) is 6.89. The lowest BCUT2D eigenvalue weighted by atomic mass is 10.1. The van der Waals surface area contributed by atoms with Crippen molar-refractivity contribution in [3.8, 4) is 5.75 Å². The third-order valence-corrected chi connectivity index (χ3v) is 3.82. The van der Waals surface area contributed by atoms with Crippen molar-refractivity contribution in [1.82, 2.24) is 0 Å². The molecule has 2 aromatic carbocycles. The number of carboxylic acids is 1. The lowest BCUT2D eigenvalue weighted by Crippen LogP contribution is -2.20. The van der Waals surface area contributed by atoms with Gasteiger partial charge in [0.1, 0.15) is 5.75 Å². The van der Waals surface area contributed by atoms with Crippen LogP contribution in [0.1, 0.15) is 21.5 Å². The van der Waals surface area contributed by atoms with E-state index in [0.717, 1.165) is 16.8 Å². The number of hydrogen-bond acceptors (Lipinski definition) is 3. The molecule has 0 unspecified atom stereocenters. The van der Waals surface area contributed by atoms with Crippen molar-refractivity contribution in [3.63, 3.8) is 0 Å². The van der Waals surface area contributed by atoms with E-state index in [4.69, 9.17) is 9.84 Å². The average Bonchev–Trinajstić information content (AvgIpc) is 2.49. The molecule has 23 heavy (non-hydrogen) atoms. The molecule has 6 heteroatoms. The van der Waals surface area contributed by atoms with Crippen LogP contribution in [0.15, 0.2) is 40.9 Å². The normalized spacial score (nSPS) is 10.2. The number of nitrogens with one attached hydrogen (secondary N) is 1. The fourth-order valence-electron chi connectivity index (χ4n) is 1.95. The number of carbonyl (C=O) groups is 2. The number of benzene rings is 2. The quantitative estimate of drug-likeness (QED) is 0.830. The van der Waals surface area contributed by atoms with Gasteiger partial charge in [-0.3, -0.25) is 4.79 Å². The minimum Gasteiger partial charge on any atom is -0.483 e. The number of hydrogen-bond donors (Lipinski definition) is 2. The monoisotopic (exact) mass is 377 g/mol. The molecule has 0 bridgehead atoms. The maximum atomic E-state index is 12.0. The summed E-state index contributed by atoms with van der Waals surface area (Å²) in [5.74, 6) is -0.899. The molecule has 120 valence electrons. The van der Waals surface area contributed by atoms with Crippen LogP contribution in [0, 0.1) is 13.8 Å². The molecule has 0 saturated heterocycles. The molecule has 2 rings (SSSR count). The number of aromatic carboxylic acids is 1. The van der Waals surface area contributed by atoms with Crippen LogP contribution in [0.3, 0.4) is 0 Å². The average molecular weight is 378 g/mol. The predicted octanol–water partition coefficient (Wildman–Crippen LogP) is 3.78. The van der Waals surface area contributed by atoms with Gasteiger partial charge in [-0.15, -0.1) is 0 Å². The number of amides is 1. The summed E-state index contributed by atoms with van der Waals surface area (Å²) in [6.45, 7) is 3.70. The van der Waals surface area contributed by atoms with E-state index in [-0.39, 0.29) is 18.1 Å². The van der Waals surface area contributed by atoms with Crippen molar-refractivity contribution in [2.75, 3.05) is 11.9 Å². The SMILES string of the molecule is Cc1ccc(C)c(NC(=O)COc2ccc(C(=O)O)cc2Br)c1. The minimum atomic E-state index is -1.02. The first-order valence-corrected chi connectivity index (χ1v) is 7.69. The summed E-state index contributed by atoms with van der Waals surface area (Å²) in [5, 5.41) is 11.7. The molecule has 2 aromatic rings. The molecule has 1 amide bonds. The van der Waals surface area contributed by atoms with E-state index in [2.05, 4.69) is 21.2 Å². The van der Waals surface area contributed by atoms with Crippen molar-refractivity contribution in [3.05, 3.63) is 57.6 Å². The van der Waals surface area contributed by atoms with E-state index in [1.165, 1.54) is 18.2 Å². The van der Waals surface area contributed by atoms with Crippen molar-refractivity contribution in [1.29, 1.82) is 0 Å². The summed E-state index contributed by atoms with van der Waals surface area (Å²) >= 11 is 3.23. The second-order valence-electron chi connectivity index (χ2n) is 5.11. The Morgan fingerprint density at radius 3 is 2.57 bits per heavy atom. The van der Waals surface area contributed by atoms with E-state index in [1.54, 1.807) is 0 Å². The van der Waals surface area contributed by atoms with Crippen LogP contribution in [-0.2, 0) is 4.79 Å². The zero-order valence-electron chi connectivity index (χ0n) is 12.7. The fourth-order valence-corrected chi connectivity index (χ4v) is 2.44. The Morgan fingerprint density at radius 1 is 1.17 bits per heavy atom.